The molecule has 3 nitrogen and oxygen atoms in total. The zero-order valence-electron chi connectivity index (χ0n) is 8.21. The standard InChI is InChI=1S/C10H16N2O/c1-3-6-11-10-9(8-13-2)5-4-7-12-10/h4-5,7H,3,6,8H2,1-2H3,(H,11,12). The lowest BCUT2D eigenvalue weighted by atomic mass is 10.2. The minimum absolute atomic E-state index is 0.611. The summed E-state index contributed by atoms with van der Waals surface area (Å²) in [6.07, 6.45) is 2.89. The van der Waals surface area contributed by atoms with Gasteiger partial charge < -0.3 is 10.1 Å². The van der Waals surface area contributed by atoms with Crippen LogP contribution in [0.2, 0.25) is 0 Å². The number of rotatable bonds is 5. The van der Waals surface area contributed by atoms with E-state index in [1.807, 2.05) is 12.1 Å². The maximum Gasteiger partial charge on any atom is 0.131 e. The Morgan fingerprint density at radius 1 is 1.54 bits per heavy atom. The number of aromatic nitrogens is 1. The first kappa shape index (κ1) is 9.99. The highest BCUT2D eigenvalue weighted by Gasteiger charge is 2.00. The van der Waals surface area contributed by atoms with E-state index in [0.29, 0.717) is 6.61 Å². The Balaban J connectivity index is 2.66. The number of anilines is 1. The summed E-state index contributed by atoms with van der Waals surface area (Å²) in [5.41, 5.74) is 1.11. The lowest BCUT2D eigenvalue weighted by molar-refractivity contribution is 0.185. The molecule has 0 amide bonds. The summed E-state index contributed by atoms with van der Waals surface area (Å²) < 4.78 is 5.07. The van der Waals surface area contributed by atoms with Crippen LogP contribution in [0.3, 0.4) is 0 Å². The van der Waals surface area contributed by atoms with Crippen LogP contribution in [0, 0.1) is 0 Å². The number of nitrogens with zero attached hydrogens (tertiary/aromatic N) is 1. The lowest BCUT2D eigenvalue weighted by Crippen LogP contribution is -2.05. The van der Waals surface area contributed by atoms with E-state index in [1.165, 1.54) is 0 Å². The van der Waals surface area contributed by atoms with Crippen molar-refractivity contribution < 1.29 is 4.74 Å². The lowest BCUT2D eigenvalue weighted by Gasteiger charge is -2.08. The fourth-order valence-electron chi connectivity index (χ4n) is 1.11. The first-order valence-electron chi connectivity index (χ1n) is 4.55. The fourth-order valence-corrected chi connectivity index (χ4v) is 1.11. The minimum atomic E-state index is 0.611. The van der Waals surface area contributed by atoms with Crippen LogP contribution in [-0.4, -0.2) is 18.6 Å². The van der Waals surface area contributed by atoms with Gasteiger partial charge in [-0.05, 0) is 12.5 Å². The van der Waals surface area contributed by atoms with Crippen molar-refractivity contribution in [3.63, 3.8) is 0 Å². The van der Waals surface area contributed by atoms with Crippen molar-refractivity contribution in [2.24, 2.45) is 0 Å². The van der Waals surface area contributed by atoms with Gasteiger partial charge in [0.15, 0.2) is 0 Å². The topological polar surface area (TPSA) is 34.2 Å². The highest BCUT2D eigenvalue weighted by molar-refractivity contribution is 5.43. The van der Waals surface area contributed by atoms with Crippen LogP contribution < -0.4 is 5.32 Å². The highest BCUT2D eigenvalue weighted by atomic mass is 16.5. The van der Waals surface area contributed by atoms with Gasteiger partial charge in [-0.2, -0.15) is 0 Å². The van der Waals surface area contributed by atoms with E-state index in [2.05, 4.69) is 17.2 Å². The van der Waals surface area contributed by atoms with Gasteiger partial charge in [0.25, 0.3) is 0 Å². The quantitative estimate of drug-likeness (QED) is 0.753. The molecular formula is C10H16N2O. The number of hydrogen-bond donors (Lipinski definition) is 1. The minimum Gasteiger partial charge on any atom is -0.380 e. The average Bonchev–Trinajstić information content (AvgIpc) is 2.17. The van der Waals surface area contributed by atoms with Crippen LogP contribution in [0.5, 0.6) is 0 Å². The molecule has 0 aliphatic rings. The van der Waals surface area contributed by atoms with Gasteiger partial charge in [0.2, 0.25) is 0 Å². The van der Waals surface area contributed by atoms with E-state index < -0.39 is 0 Å². The highest BCUT2D eigenvalue weighted by Crippen LogP contribution is 2.11. The third-order valence-electron chi connectivity index (χ3n) is 1.73. The molecule has 0 bridgehead atoms. The largest absolute Gasteiger partial charge is 0.380 e. The molecule has 1 N–H and O–H groups in total. The molecule has 0 fully saturated rings. The molecule has 0 aliphatic heterocycles. The number of hydrogen-bond acceptors (Lipinski definition) is 3. The summed E-state index contributed by atoms with van der Waals surface area (Å²) >= 11 is 0. The second-order valence-electron chi connectivity index (χ2n) is 2.87. The Hall–Kier alpha value is -1.09. The zero-order chi connectivity index (χ0) is 9.52. The summed E-state index contributed by atoms with van der Waals surface area (Å²) in [6, 6.07) is 3.94. The predicted molar refractivity (Wildman–Crippen MR) is 53.7 cm³/mol. The maximum absolute atomic E-state index is 5.07. The van der Waals surface area contributed by atoms with Gasteiger partial charge in [0.05, 0.1) is 6.61 Å². The number of nitrogens with one attached hydrogen (secondary N) is 1. The van der Waals surface area contributed by atoms with Crippen LogP contribution in [0.1, 0.15) is 18.9 Å². The summed E-state index contributed by atoms with van der Waals surface area (Å²) in [5.74, 6) is 0.936. The van der Waals surface area contributed by atoms with Gasteiger partial charge in [-0.3, -0.25) is 0 Å². The van der Waals surface area contributed by atoms with Crippen LogP contribution in [0.25, 0.3) is 0 Å². The molecule has 0 aromatic carbocycles. The number of methoxy groups -OCH3 is 1. The monoisotopic (exact) mass is 180 g/mol. The van der Waals surface area contributed by atoms with Crippen LogP contribution >= 0.6 is 0 Å². The Labute approximate surface area is 79.1 Å². The van der Waals surface area contributed by atoms with Gasteiger partial charge in [-0.25, -0.2) is 4.98 Å². The van der Waals surface area contributed by atoms with Crippen molar-refractivity contribution in [1.82, 2.24) is 4.98 Å². The smallest absolute Gasteiger partial charge is 0.131 e. The molecular weight excluding hydrogens is 164 g/mol. The van der Waals surface area contributed by atoms with E-state index in [4.69, 9.17) is 4.74 Å². The average molecular weight is 180 g/mol. The Morgan fingerprint density at radius 2 is 2.38 bits per heavy atom. The van der Waals surface area contributed by atoms with Crippen LogP contribution in [0.15, 0.2) is 18.3 Å². The van der Waals surface area contributed by atoms with Crippen molar-refractivity contribution in [1.29, 1.82) is 0 Å². The first-order chi connectivity index (χ1) is 6.38. The van der Waals surface area contributed by atoms with Gasteiger partial charge in [0, 0.05) is 25.4 Å². The molecule has 1 aromatic heterocycles. The summed E-state index contributed by atoms with van der Waals surface area (Å²) in [5, 5.41) is 3.26. The van der Waals surface area contributed by atoms with Gasteiger partial charge in [-0.15, -0.1) is 0 Å². The molecule has 3 heteroatoms. The van der Waals surface area contributed by atoms with Gasteiger partial charge >= 0.3 is 0 Å². The molecule has 72 valence electrons. The predicted octanol–water partition coefficient (Wildman–Crippen LogP) is 2.05. The van der Waals surface area contributed by atoms with E-state index in [0.717, 1.165) is 24.3 Å². The Kier molecular flexibility index (Phi) is 4.26. The maximum atomic E-state index is 5.07. The zero-order valence-corrected chi connectivity index (χ0v) is 8.21. The Morgan fingerprint density at radius 3 is 3.08 bits per heavy atom. The van der Waals surface area contributed by atoms with Crippen molar-refractivity contribution >= 4 is 5.82 Å². The van der Waals surface area contributed by atoms with Gasteiger partial charge in [-0.1, -0.05) is 13.0 Å². The number of pyridine rings is 1. The molecule has 1 heterocycles. The molecule has 0 atom stereocenters. The molecule has 0 aliphatic carbocycles. The molecule has 1 aromatic rings. The molecule has 0 unspecified atom stereocenters. The molecule has 0 radical (unpaired) electrons. The van der Waals surface area contributed by atoms with Crippen molar-refractivity contribution in [2.75, 3.05) is 19.0 Å². The van der Waals surface area contributed by atoms with Crippen molar-refractivity contribution in [3.05, 3.63) is 23.9 Å². The summed E-state index contributed by atoms with van der Waals surface area (Å²) in [4.78, 5) is 4.24. The van der Waals surface area contributed by atoms with E-state index in [9.17, 15) is 0 Å². The Bertz CT molecular complexity index is 250. The van der Waals surface area contributed by atoms with E-state index in [1.54, 1.807) is 13.3 Å². The van der Waals surface area contributed by atoms with E-state index >= 15 is 0 Å². The molecule has 0 spiro atoms. The van der Waals surface area contributed by atoms with Crippen molar-refractivity contribution in [3.8, 4) is 0 Å². The van der Waals surface area contributed by atoms with Crippen LogP contribution in [0.4, 0.5) is 5.82 Å². The molecule has 1 rings (SSSR count). The summed E-state index contributed by atoms with van der Waals surface area (Å²) in [6.45, 7) is 3.69. The third-order valence-corrected chi connectivity index (χ3v) is 1.73. The molecule has 0 saturated carbocycles. The van der Waals surface area contributed by atoms with Gasteiger partial charge in [0.1, 0.15) is 5.82 Å². The van der Waals surface area contributed by atoms with Crippen LogP contribution in [-0.2, 0) is 11.3 Å². The van der Waals surface area contributed by atoms with E-state index in [-0.39, 0.29) is 0 Å². The summed E-state index contributed by atoms with van der Waals surface area (Å²) in [7, 11) is 1.69. The number of ether oxygens (including phenoxy) is 1. The third kappa shape index (κ3) is 3.03. The van der Waals surface area contributed by atoms with Crippen molar-refractivity contribution in [2.45, 2.75) is 20.0 Å². The molecule has 0 saturated heterocycles. The SMILES string of the molecule is CCCNc1ncccc1COC. The second-order valence-corrected chi connectivity index (χ2v) is 2.87. The molecule has 13 heavy (non-hydrogen) atoms. The second kappa shape index (κ2) is 5.54. The fraction of sp³-hybridized carbons (Fsp3) is 0.500. The normalized spacial score (nSPS) is 10.0. The first-order valence-corrected chi connectivity index (χ1v) is 4.55.